The highest BCUT2D eigenvalue weighted by molar-refractivity contribution is 5.13. The van der Waals surface area contributed by atoms with Crippen molar-refractivity contribution >= 4 is 0 Å². The van der Waals surface area contributed by atoms with E-state index in [0.717, 1.165) is 31.0 Å². The van der Waals surface area contributed by atoms with Gasteiger partial charge in [0.15, 0.2) is 5.89 Å². The molecule has 0 aliphatic carbocycles. The maximum atomic E-state index is 5.65. The zero-order valence-corrected chi connectivity index (χ0v) is 12.4. The van der Waals surface area contributed by atoms with E-state index in [1.54, 1.807) is 6.26 Å². The summed E-state index contributed by atoms with van der Waals surface area (Å²) >= 11 is 0. The summed E-state index contributed by atoms with van der Waals surface area (Å²) in [6.07, 6.45) is 9.47. The lowest BCUT2D eigenvalue weighted by Crippen LogP contribution is -1.98. The number of terminal acetylenes is 1. The molecule has 0 fully saturated rings. The van der Waals surface area contributed by atoms with Crippen LogP contribution in [0.5, 0.6) is 0 Å². The third-order valence-corrected chi connectivity index (χ3v) is 3.25. The third kappa shape index (κ3) is 5.09. The number of benzene rings is 1. The van der Waals surface area contributed by atoms with Gasteiger partial charge in [-0.25, -0.2) is 4.98 Å². The summed E-state index contributed by atoms with van der Waals surface area (Å²) in [4.78, 5) is 4.47. The third-order valence-electron chi connectivity index (χ3n) is 3.25. The van der Waals surface area contributed by atoms with Gasteiger partial charge in [0, 0.05) is 18.9 Å². The second kappa shape index (κ2) is 8.28. The van der Waals surface area contributed by atoms with Crippen molar-refractivity contribution in [3.8, 4) is 12.3 Å². The Morgan fingerprint density at radius 3 is 2.90 bits per heavy atom. The van der Waals surface area contributed by atoms with Gasteiger partial charge in [0.25, 0.3) is 0 Å². The van der Waals surface area contributed by atoms with Gasteiger partial charge >= 0.3 is 0 Å². The summed E-state index contributed by atoms with van der Waals surface area (Å²) < 4.78 is 11.1. The summed E-state index contributed by atoms with van der Waals surface area (Å²) in [5.41, 5.74) is 2.17. The first-order valence-corrected chi connectivity index (χ1v) is 7.29. The summed E-state index contributed by atoms with van der Waals surface area (Å²) in [5.74, 6) is 3.54. The number of aryl methyl sites for hydroxylation is 1. The van der Waals surface area contributed by atoms with E-state index in [4.69, 9.17) is 15.6 Å². The lowest BCUT2D eigenvalue weighted by molar-refractivity contribution is 0.118. The van der Waals surface area contributed by atoms with Gasteiger partial charge in [-0.1, -0.05) is 37.3 Å². The highest BCUT2D eigenvalue weighted by Crippen LogP contribution is 2.18. The van der Waals surface area contributed by atoms with E-state index >= 15 is 0 Å². The number of hydrogen-bond acceptors (Lipinski definition) is 3. The number of oxazole rings is 1. The van der Waals surface area contributed by atoms with Crippen molar-refractivity contribution in [3.63, 3.8) is 0 Å². The molecule has 3 heteroatoms. The maximum Gasteiger partial charge on any atom is 0.197 e. The fourth-order valence-corrected chi connectivity index (χ4v) is 2.05. The highest BCUT2D eigenvalue weighted by atomic mass is 16.5. The van der Waals surface area contributed by atoms with E-state index in [1.807, 2.05) is 25.1 Å². The van der Waals surface area contributed by atoms with Crippen LogP contribution in [0.2, 0.25) is 0 Å². The van der Waals surface area contributed by atoms with Crippen molar-refractivity contribution in [3.05, 3.63) is 53.7 Å². The lowest BCUT2D eigenvalue weighted by Gasteiger charge is -2.03. The summed E-state index contributed by atoms with van der Waals surface area (Å²) in [6.45, 7) is 3.40. The fraction of sp³-hybridized carbons (Fsp3) is 0.389. The number of rotatable bonds is 8. The van der Waals surface area contributed by atoms with Crippen molar-refractivity contribution < 1.29 is 9.15 Å². The average molecular weight is 283 g/mol. The smallest absolute Gasteiger partial charge is 0.197 e. The first-order valence-electron chi connectivity index (χ1n) is 7.29. The Kier molecular flexibility index (Phi) is 6.05. The van der Waals surface area contributed by atoms with Crippen LogP contribution in [-0.2, 0) is 17.8 Å². The van der Waals surface area contributed by atoms with Crippen LogP contribution in [0.3, 0.4) is 0 Å². The lowest BCUT2D eigenvalue weighted by atomic mass is 10.1. The molecule has 0 saturated carbocycles. The first kappa shape index (κ1) is 15.3. The molecule has 21 heavy (non-hydrogen) atoms. The van der Waals surface area contributed by atoms with Crippen LogP contribution >= 0.6 is 0 Å². The molecular formula is C18H21NO2. The minimum absolute atomic E-state index is 0.179. The van der Waals surface area contributed by atoms with Gasteiger partial charge in [0.1, 0.15) is 6.26 Å². The standard InChI is InChI=1S/C18H21NO2/c1-3-8-15(2)18-19-17(14-21-18)11-7-12-20-13-16-9-5-4-6-10-16/h1,4-6,9-10,14-15H,7-8,11-13H2,2H3/t15-/m0/s1. The number of aromatic nitrogens is 1. The highest BCUT2D eigenvalue weighted by Gasteiger charge is 2.11. The van der Waals surface area contributed by atoms with Crippen LogP contribution in [0.4, 0.5) is 0 Å². The Morgan fingerprint density at radius 1 is 1.33 bits per heavy atom. The van der Waals surface area contributed by atoms with Crippen molar-refractivity contribution in [1.29, 1.82) is 0 Å². The second-order valence-electron chi connectivity index (χ2n) is 5.13. The van der Waals surface area contributed by atoms with Crippen LogP contribution in [-0.4, -0.2) is 11.6 Å². The van der Waals surface area contributed by atoms with Gasteiger partial charge in [0.05, 0.1) is 12.3 Å². The van der Waals surface area contributed by atoms with Gasteiger partial charge in [-0.2, -0.15) is 0 Å². The van der Waals surface area contributed by atoms with Crippen molar-refractivity contribution in [2.45, 2.75) is 38.7 Å². The molecule has 1 aromatic heterocycles. The molecule has 0 aliphatic heterocycles. The summed E-state index contributed by atoms with van der Waals surface area (Å²) in [7, 11) is 0. The molecule has 0 saturated heterocycles. The van der Waals surface area contributed by atoms with E-state index in [2.05, 4.69) is 23.0 Å². The molecule has 0 spiro atoms. The molecule has 0 aliphatic rings. The van der Waals surface area contributed by atoms with E-state index in [1.165, 1.54) is 5.56 Å². The maximum absolute atomic E-state index is 5.65. The van der Waals surface area contributed by atoms with E-state index in [-0.39, 0.29) is 5.92 Å². The van der Waals surface area contributed by atoms with Crippen LogP contribution in [0.15, 0.2) is 41.0 Å². The Bertz CT molecular complexity index is 568. The largest absolute Gasteiger partial charge is 0.448 e. The Morgan fingerprint density at radius 2 is 2.14 bits per heavy atom. The minimum Gasteiger partial charge on any atom is -0.448 e. The van der Waals surface area contributed by atoms with Crippen molar-refractivity contribution in [1.82, 2.24) is 4.98 Å². The SMILES string of the molecule is C#CC[C@H](C)c1nc(CCCOCc2ccccc2)co1. The average Bonchev–Trinajstić information content (AvgIpc) is 2.97. The summed E-state index contributed by atoms with van der Waals surface area (Å²) in [5, 5.41) is 0. The summed E-state index contributed by atoms with van der Waals surface area (Å²) in [6, 6.07) is 10.2. The normalized spacial score (nSPS) is 12.0. The Hall–Kier alpha value is -2.05. The molecule has 3 nitrogen and oxygen atoms in total. The molecule has 2 aromatic rings. The van der Waals surface area contributed by atoms with Gasteiger partial charge in [-0.3, -0.25) is 0 Å². The topological polar surface area (TPSA) is 35.3 Å². The number of ether oxygens (including phenoxy) is 1. The van der Waals surface area contributed by atoms with E-state index in [0.29, 0.717) is 13.0 Å². The van der Waals surface area contributed by atoms with E-state index < -0.39 is 0 Å². The zero-order chi connectivity index (χ0) is 14.9. The van der Waals surface area contributed by atoms with Crippen molar-refractivity contribution in [2.75, 3.05) is 6.61 Å². The molecule has 2 rings (SSSR count). The molecule has 0 N–H and O–H groups in total. The molecule has 1 heterocycles. The Balaban J connectivity index is 1.66. The van der Waals surface area contributed by atoms with Gasteiger partial charge < -0.3 is 9.15 Å². The van der Waals surface area contributed by atoms with Gasteiger partial charge in [0.2, 0.25) is 0 Å². The monoisotopic (exact) mass is 283 g/mol. The van der Waals surface area contributed by atoms with Crippen LogP contribution in [0.1, 0.15) is 42.8 Å². The molecule has 0 unspecified atom stereocenters. The number of nitrogens with zero attached hydrogens (tertiary/aromatic N) is 1. The van der Waals surface area contributed by atoms with Crippen LogP contribution in [0, 0.1) is 12.3 Å². The van der Waals surface area contributed by atoms with Crippen molar-refractivity contribution in [2.24, 2.45) is 0 Å². The van der Waals surface area contributed by atoms with Crippen LogP contribution < -0.4 is 0 Å². The van der Waals surface area contributed by atoms with Gasteiger partial charge in [-0.05, 0) is 18.4 Å². The molecule has 1 aromatic carbocycles. The fourth-order valence-electron chi connectivity index (χ4n) is 2.05. The molecule has 0 bridgehead atoms. The predicted molar refractivity (Wildman–Crippen MR) is 82.8 cm³/mol. The number of hydrogen-bond donors (Lipinski definition) is 0. The quantitative estimate of drug-likeness (QED) is 0.543. The minimum atomic E-state index is 0.179. The van der Waals surface area contributed by atoms with Gasteiger partial charge in [-0.15, -0.1) is 12.3 Å². The molecule has 1 atom stereocenters. The molecule has 0 amide bonds. The zero-order valence-electron chi connectivity index (χ0n) is 12.4. The predicted octanol–water partition coefficient (Wildman–Crippen LogP) is 3.95. The molecule has 110 valence electrons. The Labute approximate surface area is 126 Å². The molecular weight excluding hydrogens is 262 g/mol. The molecule has 0 radical (unpaired) electrons. The first-order chi connectivity index (χ1) is 10.3. The second-order valence-corrected chi connectivity index (χ2v) is 5.13. The van der Waals surface area contributed by atoms with E-state index in [9.17, 15) is 0 Å². The van der Waals surface area contributed by atoms with Crippen LogP contribution in [0.25, 0.3) is 0 Å².